The Morgan fingerprint density at radius 3 is 2.04 bits per heavy atom. The summed E-state index contributed by atoms with van der Waals surface area (Å²) in [6.07, 6.45) is -1.97. The van der Waals surface area contributed by atoms with Crippen molar-refractivity contribution in [3.05, 3.63) is 0 Å². The van der Waals surface area contributed by atoms with E-state index in [1.165, 1.54) is 6.92 Å². The van der Waals surface area contributed by atoms with Crippen LogP contribution in [0.2, 0.25) is 0 Å². The second-order valence-corrected chi connectivity index (χ2v) is 5.65. The summed E-state index contributed by atoms with van der Waals surface area (Å²) >= 11 is 3.86. The van der Waals surface area contributed by atoms with E-state index in [2.05, 4.69) is 23.3 Å². The SMILES string of the molecule is CC(O)C(N)C(=O)NCC(=O)NC(CS)C(=O)NC(CC(=O)O)C(=O)O. The Labute approximate surface area is 153 Å². The zero-order chi connectivity index (χ0) is 20.4. The van der Waals surface area contributed by atoms with Gasteiger partial charge in [-0.25, -0.2) is 4.79 Å². The van der Waals surface area contributed by atoms with Crippen LogP contribution in [-0.4, -0.2) is 81.5 Å². The topological polar surface area (TPSA) is 208 Å². The summed E-state index contributed by atoms with van der Waals surface area (Å²) in [7, 11) is 0. The van der Waals surface area contributed by atoms with Crippen molar-refractivity contribution in [3.63, 3.8) is 0 Å². The maximum Gasteiger partial charge on any atom is 0.326 e. The molecule has 0 saturated carbocycles. The third kappa shape index (κ3) is 8.64. The quantitative estimate of drug-likeness (QED) is 0.162. The number of hydrogen-bond donors (Lipinski definition) is 8. The molecule has 26 heavy (non-hydrogen) atoms. The Morgan fingerprint density at radius 1 is 1.04 bits per heavy atom. The monoisotopic (exact) mass is 394 g/mol. The van der Waals surface area contributed by atoms with Crippen LogP contribution in [0.25, 0.3) is 0 Å². The first-order valence-electron chi connectivity index (χ1n) is 7.36. The lowest BCUT2D eigenvalue weighted by Gasteiger charge is -2.20. The maximum absolute atomic E-state index is 12.0. The Bertz CT molecular complexity index is 556. The van der Waals surface area contributed by atoms with Crippen LogP contribution in [0.3, 0.4) is 0 Å². The molecule has 0 aromatic heterocycles. The zero-order valence-corrected chi connectivity index (χ0v) is 14.7. The molecular weight excluding hydrogens is 372 g/mol. The molecule has 0 aliphatic carbocycles. The third-order valence-electron chi connectivity index (χ3n) is 3.07. The summed E-state index contributed by atoms with van der Waals surface area (Å²) in [6, 6.07) is -4.18. The molecule has 13 heteroatoms. The largest absolute Gasteiger partial charge is 0.481 e. The molecule has 0 aliphatic rings. The molecule has 0 fully saturated rings. The number of rotatable bonds is 11. The summed E-state index contributed by atoms with van der Waals surface area (Å²) in [6.45, 7) is 0.746. The van der Waals surface area contributed by atoms with Gasteiger partial charge in [-0.05, 0) is 6.92 Å². The van der Waals surface area contributed by atoms with Gasteiger partial charge in [0, 0.05) is 5.75 Å². The minimum absolute atomic E-state index is 0.210. The highest BCUT2D eigenvalue weighted by molar-refractivity contribution is 7.80. The van der Waals surface area contributed by atoms with Gasteiger partial charge in [0.2, 0.25) is 17.7 Å². The highest BCUT2D eigenvalue weighted by Gasteiger charge is 2.27. The van der Waals surface area contributed by atoms with E-state index in [9.17, 15) is 24.0 Å². The number of amides is 3. The lowest BCUT2D eigenvalue weighted by molar-refractivity contribution is -0.147. The number of thiol groups is 1. The molecule has 0 saturated heterocycles. The van der Waals surface area contributed by atoms with Gasteiger partial charge in [-0.15, -0.1) is 0 Å². The van der Waals surface area contributed by atoms with Gasteiger partial charge in [0.1, 0.15) is 18.1 Å². The smallest absolute Gasteiger partial charge is 0.326 e. The van der Waals surface area contributed by atoms with Crippen LogP contribution in [-0.2, 0) is 24.0 Å². The minimum Gasteiger partial charge on any atom is -0.481 e. The number of carboxylic acid groups (broad SMARTS) is 2. The standard InChI is InChI=1S/C13H22N4O8S/c1-5(18)10(14)12(23)15-3-8(19)16-7(4-26)11(22)17-6(13(24)25)2-9(20)21/h5-7,10,18,26H,2-4,14H2,1H3,(H,15,23)(H,16,19)(H,17,22)(H,20,21)(H,24,25). The molecule has 4 atom stereocenters. The van der Waals surface area contributed by atoms with Gasteiger partial charge >= 0.3 is 11.9 Å². The van der Waals surface area contributed by atoms with Gasteiger partial charge in [-0.3, -0.25) is 19.2 Å². The summed E-state index contributed by atoms with van der Waals surface area (Å²) in [5, 5.41) is 33.0. The fraction of sp³-hybridized carbons (Fsp3) is 0.615. The predicted molar refractivity (Wildman–Crippen MR) is 90.3 cm³/mol. The Balaban J connectivity index is 4.65. The fourth-order valence-corrected chi connectivity index (χ4v) is 1.85. The molecule has 3 amide bonds. The Morgan fingerprint density at radius 2 is 1.62 bits per heavy atom. The number of aliphatic hydroxyl groups excluding tert-OH is 1. The third-order valence-corrected chi connectivity index (χ3v) is 3.44. The van der Waals surface area contributed by atoms with E-state index in [0.29, 0.717) is 0 Å². The molecule has 0 heterocycles. The van der Waals surface area contributed by atoms with Gasteiger partial charge in [-0.2, -0.15) is 12.6 Å². The number of carbonyl (C=O) groups excluding carboxylic acids is 3. The lowest BCUT2D eigenvalue weighted by atomic mass is 10.2. The zero-order valence-electron chi connectivity index (χ0n) is 13.8. The van der Waals surface area contributed by atoms with Crippen molar-refractivity contribution in [3.8, 4) is 0 Å². The minimum atomic E-state index is -1.68. The molecule has 0 aliphatic heterocycles. The van der Waals surface area contributed by atoms with Crippen LogP contribution >= 0.6 is 12.6 Å². The highest BCUT2D eigenvalue weighted by atomic mass is 32.1. The average Bonchev–Trinajstić information content (AvgIpc) is 2.55. The van der Waals surface area contributed by atoms with Crippen molar-refractivity contribution in [2.24, 2.45) is 5.73 Å². The molecule has 0 rings (SSSR count). The number of aliphatic carboxylic acids is 2. The van der Waals surface area contributed by atoms with Gasteiger partial charge in [-0.1, -0.05) is 0 Å². The summed E-state index contributed by atoms with van der Waals surface area (Å²) in [5.41, 5.74) is 5.37. The van der Waals surface area contributed by atoms with E-state index in [0.717, 1.165) is 0 Å². The number of aliphatic hydroxyl groups is 1. The molecule has 0 bridgehead atoms. The Kier molecular flexibility index (Phi) is 10.2. The molecule has 0 spiro atoms. The van der Waals surface area contributed by atoms with Crippen LogP contribution < -0.4 is 21.7 Å². The van der Waals surface area contributed by atoms with Crippen molar-refractivity contribution in [2.45, 2.75) is 37.6 Å². The molecule has 0 radical (unpaired) electrons. The molecular formula is C13H22N4O8S. The summed E-state index contributed by atoms with van der Waals surface area (Å²) in [5.74, 6) is -5.72. The first kappa shape index (κ1) is 23.6. The summed E-state index contributed by atoms with van der Waals surface area (Å²) < 4.78 is 0. The average molecular weight is 394 g/mol. The number of hydrogen-bond acceptors (Lipinski definition) is 8. The van der Waals surface area contributed by atoms with Gasteiger partial charge < -0.3 is 37.0 Å². The fourth-order valence-electron chi connectivity index (χ4n) is 1.59. The van der Waals surface area contributed by atoms with Crippen molar-refractivity contribution >= 4 is 42.3 Å². The van der Waals surface area contributed by atoms with Crippen molar-refractivity contribution in [1.82, 2.24) is 16.0 Å². The van der Waals surface area contributed by atoms with E-state index in [1.54, 1.807) is 0 Å². The van der Waals surface area contributed by atoms with Crippen molar-refractivity contribution < 1.29 is 39.3 Å². The number of carbonyl (C=O) groups is 5. The molecule has 8 N–H and O–H groups in total. The number of nitrogens with two attached hydrogens (primary N) is 1. The van der Waals surface area contributed by atoms with E-state index in [1.807, 2.05) is 5.32 Å². The normalized spacial score (nSPS) is 15.1. The maximum atomic E-state index is 12.0. The molecule has 4 unspecified atom stereocenters. The van der Waals surface area contributed by atoms with E-state index < -0.39 is 66.9 Å². The first-order valence-corrected chi connectivity index (χ1v) is 7.99. The van der Waals surface area contributed by atoms with Crippen LogP contribution in [0.5, 0.6) is 0 Å². The lowest BCUT2D eigenvalue weighted by Crippen LogP contribution is -2.55. The second-order valence-electron chi connectivity index (χ2n) is 5.28. The highest BCUT2D eigenvalue weighted by Crippen LogP contribution is 1.96. The Hall–Kier alpha value is -2.38. The molecule has 12 nitrogen and oxygen atoms in total. The van der Waals surface area contributed by atoms with Crippen LogP contribution in [0.1, 0.15) is 13.3 Å². The van der Waals surface area contributed by atoms with Crippen molar-refractivity contribution in [1.29, 1.82) is 0 Å². The molecule has 0 aromatic carbocycles. The first-order chi connectivity index (χ1) is 12.0. The second kappa shape index (κ2) is 11.3. The van der Waals surface area contributed by atoms with Crippen LogP contribution in [0, 0.1) is 0 Å². The molecule has 0 aromatic rings. The van der Waals surface area contributed by atoms with E-state index in [-0.39, 0.29) is 5.75 Å². The van der Waals surface area contributed by atoms with Gasteiger partial charge in [0.25, 0.3) is 0 Å². The van der Waals surface area contributed by atoms with Crippen molar-refractivity contribution in [2.75, 3.05) is 12.3 Å². The number of carboxylic acids is 2. The van der Waals surface area contributed by atoms with E-state index in [4.69, 9.17) is 21.1 Å². The predicted octanol–water partition coefficient (Wildman–Crippen LogP) is -3.73. The molecule has 148 valence electrons. The van der Waals surface area contributed by atoms with Crippen LogP contribution in [0.15, 0.2) is 0 Å². The van der Waals surface area contributed by atoms with Crippen LogP contribution in [0.4, 0.5) is 0 Å². The summed E-state index contributed by atoms with van der Waals surface area (Å²) in [4.78, 5) is 56.8. The van der Waals surface area contributed by atoms with Gasteiger partial charge in [0.05, 0.1) is 19.1 Å². The van der Waals surface area contributed by atoms with E-state index >= 15 is 0 Å². The number of nitrogens with one attached hydrogen (secondary N) is 3. The van der Waals surface area contributed by atoms with Gasteiger partial charge in [0.15, 0.2) is 0 Å².